The van der Waals surface area contributed by atoms with Gasteiger partial charge in [0.15, 0.2) is 18.1 Å². The highest BCUT2D eigenvalue weighted by atomic mass is 35.5. The van der Waals surface area contributed by atoms with Crippen LogP contribution in [0.3, 0.4) is 0 Å². The summed E-state index contributed by atoms with van der Waals surface area (Å²) in [6.07, 6.45) is 0.407. The van der Waals surface area contributed by atoms with Crippen LogP contribution in [0.1, 0.15) is 39.7 Å². The number of methoxy groups -OCH3 is 1. The van der Waals surface area contributed by atoms with Gasteiger partial charge in [-0.1, -0.05) is 48.3 Å². The Morgan fingerprint density at radius 3 is 2.16 bits per heavy atom. The lowest BCUT2D eigenvalue weighted by atomic mass is 10.1. The van der Waals surface area contributed by atoms with Gasteiger partial charge in [-0.25, -0.2) is 0 Å². The molecular weight excluding hydrogens is 451 g/mol. The molecule has 8 heteroatoms. The van der Waals surface area contributed by atoms with Gasteiger partial charge in [0, 0.05) is 27.7 Å². The van der Waals surface area contributed by atoms with Crippen molar-refractivity contribution in [3.8, 4) is 11.5 Å². The molecule has 0 fully saturated rings. The SMILES string of the molecule is CC[C@H](C(=O)NC(C)(C)C)N(Cc1c(Cl)cccc1Cl)C(=O)COc1ccccc1OC. The van der Waals surface area contributed by atoms with E-state index in [1.165, 1.54) is 12.0 Å². The van der Waals surface area contributed by atoms with Crippen molar-refractivity contribution < 1.29 is 19.1 Å². The number of ether oxygens (including phenoxy) is 2. The average molecular weight is 481 g/mol. The molecule has 2 amide bonds. The quantitative estimate of drug-likeness (QED) is 0.541. The zero-order valence-electron chi connectivity index (χ0n) is 19.1. The Morgan fingerprint density at radius 1 is 1.03 bits per heavy atom. The molecule has 0 heterocycles. The third kappa shape index (κ3) is 7.04. The van der Waals surface area contributed by atoms with E-state index >= 15 is 0 Å². The summed E-state index contributed by atoms with van der Waals surface area (Å²) in [7, 11) is 1.53. The first-order chi connectivity index (χ1) is 15.1. The van der Waals surface area contributed by atoms with Crippen LogP contribution < -0.4 is 14.8 Å². The first-order valence-electron chi connectivity index (χ1n) is 10.4. The predicted octanol–water partition coefficient (Wildman–Crippen LogP) is 5.10. The smallest absolute Gasteiger partial charge is 0.261 e. The summed E-state index contributed by atoms with van der Waals surface area (Å²) in [6.45, 7) is 7.31. The topological polar surface area (TPSA) is 67.9 Å². The molecule has 0 radical (unpaired) electrons. The first kappa shape index (κ1) is 25.8. The van der Waals surface area contributed by atoms with Gasteiger partial charge >= 0.3 is 0 Å². The van der Waals surface area contributed by atoms with Gasteiger partial charge in [0.1, 0.15) is 6.04 Å². The van der Waals surface area contributed by atoms with Gasteiger partial charge in [0.2, 0.25) is 5.91 Å². The maximum atomic E-state index is 13.3. The van der Waals surface area contributed by atoms with Crippen molar-refractivity contribution in [2.24, 2.45) is 0 Å². The summed E-state index contributed by atoms with van der Waals surface area (Å²) in [5.41, 5.74) is 0.123. The number of carbonyl (C=O) groups excluding carboxylic acids is 2. The second-order valence-corrected chi connectivity index (χ2v) is 9.14. The highest BCUT2D eigenvalue weighted by Gasteiger charge is 2.31. The summed E-state index contributed by atoms with van der Waals surface area (Å²) >= 11 is 12.7. The van der Waals surface area contributed by atoms with Crippen molar-refractivity contribution >= 4 is 35.0 Å². The van der Waals surface area contributed by atoms with Crippen LogP contribution in [-0.2, 0) is 16.1 Å². The van der Waals surface area contributed by atoms with Crippen LogP contribution in [0.2, 0.25) is 10.0 Å². The summed E-state index contributed by atoms with van der Waals surface area (Å²) in [4.78, 5) is 27.8. The summed E-state index contributed by atoms with van der Waals surface area (Å²) in [5, 5.41) is 3.80. The normalized spacial score (nSPS) is 12.1. The lowest BCUT2D eigenvalue weighted by Gasteiger charge is -2.33. The molecule has 174 valence electrons. The van der Waals surface area contributed by atoms with Crippen LogP contribution in [0.15, 0.2) is 42.5 Å². The van der Waals surface area contributed by atoms with Crippen molar-refractivity contribution in [3.05, 3.63) is 58.1 Å². The molecule has 6 nitrogen and oxygen atoms in total. The van der Waals surface area contributed by atoms with E-state index in [-0.39, 0.29) is 25.0 Å². The van der Waals surface area contributed by atoms with E-state index in [2.05, 4.69) is 5.32 Å². The van der Waals surface area contributed by atoms with Gasteiger partial charge in [0.25, 0.3) is 5.91 Å². The van der Waals surface area contributed by atoms with E-state index < -0.39 is 11.6 Å². The number of carbonyl (C=O) groups is 2. The maximum Gasteiger partial charge on any atom is 0.261 e. The fourth-order valence-corrected chi connectivity index (χ4v) is 3.70. The fourth-order valence-electron chi connectivity index (χ4n) is 3.19. The molecule has 0 saturated carbocycles. The maximum absolute atomic E-state index is 13.3. The zero-order valence-corrected chi connectivity index (χ0v) is 20.6. The van der Waals surface area contributed by atoms with E-state index in [4.69, 9.17) is 32.7 Å². The molecule has 2 rings (SSSR count). The largest absolute Gasteiger partial charge is 0.493 e. The number of hydrogen-bond donors (Lipinski definition) is 1. The van der Waals surface area contributed by atoms with Gasteiger partial charge in [-0.3, -0.25) is 9.59 Å². The lowest BCUT2D eigenvalue weighted by molar-refractivity contribution is -0.143. The molecule has 0 saturated heterocycles. The summed E-state index contributed by atoms with van der Waals surface area (Å²) < 4.78 is 11.0. The number of amides is 2. The van der Waals surface area contributed by atoms with E-state index in [0.29, 0.717) is 33.5 Å². The van der Waals surface area contributed by atoms with Crippen LogP contribution in [0.4, 0.5) is 0 Å². The molecular formula is C24H30Cl2N2O4. The molecule has 0 aliphatic carbocycles. The van der Waals surface area contributed by atoms with Gasteiger partial charge in [0.05, 0.1) is 7.11 Å². The van der Waals surface area contributed by atoms with Crippen LogP contribution >= 0.6 is 23.2 Å². The van der Waals surface area contributed by atoms with Crippen molar-refractivity contribution in [3.63, 3.8) is 0 Å². The molecule has 0 aromatic heterocycles. The Kier molecular flexibility index (Phi) is 9.22. The highest BCUT2D eigenvalue weighted by Crippen LogP contribution is 2.28. The summed E-state index contributed by atoms with van der Waals surface area (Å²) in [6, 6.07) is 11.5. The van der Waals surface area contributed by atoms with Gasteiger partial charge < -0.3 is 19.7 Å². The van der Waals surface area contributed by atoms with Crippen molar-refractivity contribution in [1.29, 1.82) is 0 Å². The average Bonchev–Trinajstić information content (AvgIpc) is 2.72. The second kappa shape index (κ2) is 11.4. The molecule has 32 heavy (non-hydrogen) atoms. The number of rotatable bonds is 9. The second-order valence-electron chi connectivity index (χ2n) is 8.32. The van der Waals surface area contributed by atoms with Gasteiger partial charge in [-0.15, -0.1) is 0 Å². The Balaban J connectivity index is 2.33. The van der Waals surface area contributed by atoms with Crippen molar-refractivity contribution in [2.75, 3.05) is 13.7 Å². The third-order valence-electron chi connectivity index (χ3n) is 4.69. The minimum Gasteiger partial charge on any atom is -0.493 e. The zero-order chi connectivity index (χ0) is 23.9. The van der Waals surface area contributed by atoms with Crippen LogP contribution in [0.5, 0.6) is 11.5 Å². The Hall–Kier alpha value is -2.44. The van der Waals surface area contributed by atoms with Crippen molar-refractivity contribution in [1.82, 2.24) is 10.2 Å². The van der Waals surface area contributed by atoms with Gasteiger partial charge in [-0.05, 0) is 51.5 Å². The lowest BCUT2D eigenvalue weighted by Crippen LogP contribution is -2.54. The van der Waals surface area contributed by atoms with E-state index in [1.807, 2.05) is 33.8 Å². The Labute approximate surface area is 199 Å². The van der Waals surface area contributed by atoms with Crippen molar-refractivity contribution in [2.45, 2.75) is 52.2 Å². The standard InChI is InChI=1S/C24H30Cl2N2O4/c1-6-19(23(30)27-24(2,3)4)28(14-16-17(25)10-9-11-18(16)26)22(29)15-32-21-13-8-7-12-20(21)31-5/h7-13,19H,6,14-15H2,1-5H3,(H,27,30)/t19-/m1/s1. The molecule has 0 aliphatic heterocycles. The minimum absolute atomic E-state index is 0.0721. The number of nitrogens with zero attached hydrogens (tertiary/aromatic N) is 1. The molecule has 1 N–H and O–H groups in total. The molecule has 1 atom stereocenters. The van der Waals surface area contributed by atoms with Crippen LogP contribution in [-0.4, -0.2) is 42.0 Å². The highest BCUT2D eigenvalue weighted by molar-refractivity contribution is 6.36. The molecule has 0 aliphatic rings. The minimum atomic E-state index is -0.727. The summed E-state index contributed by atoms with van der Waals surface area (Å²) in [5.74, 6) is 0.321. The molecule has 0 spiro atoms. The molecule has 0 unspecified atom stereocenters. The first-order valence-corrected chi connectivity index (χ1v) is 11.1. The van der Waals surface area contributed by atoms with Crippen LogP contribution in [0, 0.1) is 0 Å². The number of para-hydroxylation sites is 2. The van der Waals surface area contributed by atoms with Crippen LogP contribution in [0.25, 0.3) is 0 Å². The fraction of sp³-hybridized carbons (Fsp3) is 0.417. The van der Waals surface area contributed by atoms with E-state index in [9.17, 15) is 9.59 Å². The number of halogens is 2. The number of nitrogens with one attached hydrogen (secondary N) is 1. The van der Waals surface area contributed by atoms with E-state index in [0.717, 1.165) is 0 Å². The molecule has 2 aromatic carbocycles. The monoisotopic (exact) mass is 480 g/mol. The molecule has 2 aromatic rings. The third-order valence-corrected chi connectivity index (χ3v) is 5.40. The number of hydrogen-bond acceptors (Lipinski definition) is 4. The molecule has 0 bridgehead atoms. The predicted molar refractivity (Wildman–Crippen MR) is 127 cm³/mol. The Bertz CT molecular complexity index is 924. The van der Waals surface area contributed by atoms with E-state index in [1.54, 1.807) is 36.4 Å². The number of benzene rings is 2. The Morgan fingerprint density at radius 2 is 1.62 bits per heavy atom. The van der Waals surface area contributed by atoms with Gasteiger partial charge in [-0.2, -0.15) is 0 Å².